The highest BCUT2D eigenvalue weighted by Crippen LogP contribution is 2.61. The molecule has 1 aliphatic carbocycles. The Kier molecular flexibility index (Phi) is 2.57. The highest BCUT2D eigenvalue weighted by atomic mass is 16.7. The zero-order valence-electron chi connectivity index (χ0n) is 10.8. The first-order valence-corrected chi connectivity index (χ1v) is 6.20. The van der Waals surface area contributed by atoms with E-state index >= 15 is 0 Å². The van der Waals surface area contributed by atoms with Gasteiger partial charge in [-0.15, -0.1) is 0 Å². The van der Waals surface area contributed by atoms with E-state index in [1.54, 1.807) is 0 Å². The molecule has 1 spiro atoms. The lowest BCUT2D eigenvalue weighted by Gasteiger charge is -2.34. The van der Waals surface area contributed by atoms with Crippen LogP contribution in [0.3, 0.4) is 0 Å². The number of ether oxygens (including phenoxy) is 2. The molecular weight excluding hydrogens is 204 g/mol. The fourth-order valence-corrected chi connectivity index (χ4v) is 3.08. The molecular formula is C13H22O3. The third-order valence-corrected chi connectivity index (χ3v) is 4.49. The molecule has 2 rings (SSSR count). The van der Waals surface area contributed by atoms with Gasteiger partial charge >= 0.3 is 5.97 Å². The van der Waals surface area contributed by atoms with Gasteiger partial charge in [0.05, 0.1) is 7.11 Å². The first-order valence-electron chi connectivity index (χ1n) is 6.20. The van der Waals surface area contributed by atoms with Gasteiger partial charge in [-0.2, -0.15) is 0 Å². The van der Waals surface area contributed by atoms with E-state index < -0.39 is 5.60 Å². The van der Waals surface area contributed by atoms with Crippen molar-refractivity contribution in [1.29, 1.82) is 0 Å². The molecule has 3 nitrogen and oxygen atoms in total. The maximum Gasteiger partial charge on any atom is 0.341 e. The summed E-state index contributed by atoms with van der Waals surface area (Å²) >= 11 is 0. The van der Waals surface area contributed by atoms with Gasteiger partial charge in [0.25, 0.3) is 0 Å². The number of methoxy groups -OCH3 is 1. The highest BCUT2D eigenvalue weighted by Gasteiger charge is 2.74. The van der Waals surface area contributed by atoms with Gasteiger partial charge in [0.1, 0.15) is 5.60 Å². The molecule has 0 aromatic heterocycles. The fourth-order valence-electron chi connectivity index (χ4n) is 3.08. The molecule has 1 saturated carbocycles. The normalized spacial score (nSPS) is 34.8. The first-order chi connectivity index (χ1) is 7.41. The third-order valence-electron chi connectivity index (χ3n) is 4.49. The van der Waals surface area contributed by atoms with Crippen molar-refractivity contribution in [3.05, 3.63) is 0 Å². The largest absolute Gasteiger partial charge is 0.467 e. The summed E-state index contributed by atoms with van der Waals surface area (Å²) < 4.78 is 10.7. The molecule has 0 aromatic carbocycles. The summed E-state index contributed by atoms with van der Waals surface area (Å²) in [5.41, 5.74) is -0.435. The van der Waals surface area contributed by atoms with Gasteiger partial charge in [-0.3, -0.25) is 0 Å². The van der Waals surface area contributed by atoms with Gasteiger partial charge in [0, 0.05) is 0 Å². The number of carbonyl (C=O) groups excluding carboxylic acids is 1. The molecule has 16 heavy (non-hydrogen) atoms. The molecule has 0 amide bonds. The summed E-state index contributed by atoms with van der Waals surface area (Å²) in [6.45, 7) is 6.58. The summed E-state index contributed by atoms with van der Waals surface area (Å²) in [5, 5.41) is 0. The maximum absolute atomic E-state index is 11.8. The Morgan fingerprint density at radius 3 is 2.25 bits per heavy atom. The molecule has 0 aromatic rings. The Balaban J connectivity index is 2.11. The zero-order chi connectivity index (χ0) is 12.0. The number of epoxide rings is 1. The van der Waals surface area contributed by atoms with Crippen LogP contribution >= 0.6 is 0 Å². The summed E-state index contributed by atoms with van der Waals surface area (Å²) in [6.07, 6.45) is 4.96. The number of hydrogen-bond acceptors (Lipinski definition) is 3. The second kappa shape index (κ2) is 3.46. The van der Waals surface area contributed by atoms with Crippen molar-refractivity contribution in [2.75, 3.05) is 7.11 Å². The van der Waals surface area contributed by atoms with Crippen molar-refractivity contribution in [2.45, 2.75) is 64.1 Å². The molecule has 1 saturated heterocycles. The van der Waals surface area contributed by atoms with Crippen LogP contribution in [0.25, 0.3) is 0 Å². The lowest BCUT2D eigenvalue weighted by atomic mass is 9.69. The van der Waals surface area contributed by atoms with Crippen LogP contribution in [0, 0.1) is 5.41 Å². The van der Waals surface area contributed by atoms with Crippen molar-refractivity contribution in [3.8, 4) is 0 Å². The van der Waals surface area contributed by atoms with Crippen molar-refractivity contribution in [1.82, 2.24) is 0 Å². The lowest BCUT2D eigenvalue weighted by Crippen LogP contribution is -2.38. The van der Waals surface area contributed by atoms with Gasteiger partial charge in [-0.25, -0.2) is 4.79 Å². The first kappa shape index (κ1) is 11.9. The Bertz CT molecular complexity index is 298. The smallest absolute Gasteiger partial charge is 0.341 e. The van der Waals surface area contributed by atoms with Crippen LogP contribution in [0.1, 0.15) is 52.9 Å². The average Bonchev–Trinajstić information content (AvgIpc) is 2.92. The van der Waals surface area contributed by atoms with Crippen molar-refractivity contribution >= 4 is 5.97 Å². The van der Waals surface area contributed by atoms with Gasteiger partial charge in [0.2, 0.25) is 0 Å². The summed E-state index contributed by atoms with van der Waals surface area (Å²) in [7, 11) is 1.45. The monoisotopic (exact) mass is 226 g/mol. The van der Waals surface area contributed by atoms with Crippen LogP contribution in [-0.4, -0.2) is 24.3 Å². The Hall–Kier alpha value is -0.570. The molecule has 1 unspecified atom stereocenters. The van der Waals surface area contributed by atoms with Gasteiger partial charge in [-0.05, 0) is 37.5 Å². The Morgan fingerprint density at radius 2 is 1.81 bits per heavy atom. The van der Waals surface area contributed by atoms with E-state index in [1.807, 2.05) is 6.92 Å². The molecule has 1 aliphatic heterocycles. The summed E-state index contributed by atoms with van der Waals surface area (Å²) in [4.78, 5) is 11.8. The predicted molar refractivity (Wildman–Crippen MR) is 61.1 cm³/mol. The summed E-state index contributed by atoms with van der Waals surface area (Å²) in [6, 6.07) is 0. The second-order valence-electron chi connectivity index (χ2n) is 5.93. The predicted octanol–water partition coefficient (Wildman–Crippen LogP) is 2.68. The van der Waals surface area contributed by atoms with Crippen LogP contribution in [0.5, 0.6) is 0 Å². The van der Waals surface area contributed by atoms with Crippen LogP contribution in [0.15, 0.2) is 0 Å². The fraction of sp³-hybridized carbons (Fsp3) is 0.923. The van der Waals surface area contributed by atoms with Crippen LogP contribution in [-0.2, 0) is 14.3 Å². The summed E-state index contributed by atoms with van der Waals surface area (Å²) in [5.74, 6) is -0.185. The van der Waals surface area contributed by atoms with Crippen molar-refractivity contribution in [2.24, 2.45) is 5.41 Å². The van der Waals surface area contributed by atoms with E-state index in [0.29, 0.717) is 5.41 Å². The minimum atomic E-state index is -0.627. The van der Waals surface area contributed by atoms with Crippen molar-refractivity contribution < 1.29 is 14.3 Å². The highest BCUT2D eigenvalue weighted by molar-refractivity contribution is 5.84. The SMILES string of the molecule is CCC1(C(=O)OC)OC12CCC(C)(C)CC2. The van der Waals surface area contributed by atoms with E-state index in [0.717, 1.165) is 32.1 Å². The molecule has 0 N–H and O–H groups in total. The van der Waals surface area contributed by atoms with E-state index in [1.165, 1.54) is 7.11 Å². The van der Waals surface area contributed by atoms with Crippen LogP contribution in [0.4, 0.5) is 0 Å². The molecule has 2 fully saturated rings. The van der Waals surface area contributed by atoms with E-state index in [-0.39, 0.29) is 11.6 Å². The maximum atomic E-state index is 11.8. The molecule has 92 valence electrons. The molecule has 0 radical (unpaired) electrons. The molecule has 3 heteroatoms. The van der Waals surface area contributed by atoms with E-state index in [4.69, 9.17) is 9.47 Å². The van der Waals surface area contributed by atoms with Crippen LogP contribution in [0.2, 0.25) is 0 Å². The molecule has 1 atom stereocenters. The Morgan fingerprint density at radius 1 is 1.25 bits per heavy atom. The number of esters is 1. The molecule has 0 bridgehead atoms. The lowest BCUT2D eigenvalue weighted by molar-refractivity contribution is -0.147. The standard InChI is InChI=1S/C13H22O3/c1-5-13(10(14)15-4)12(16-13)8-6-11(2,3)7-9-12/h5-9H2,1-4H3. The Labute approximate surface area is 97.5 Å². The second-order valence-corrected chi connectivity index (χ2v) is 5.93. The average molecular weight is 226 g/mol. The van der Waals surface area contributed by atoms with Crippen LogP contribution < -0.4 is 0 Å². The van der Waals surface area contributed by atoms with Gasteiger partial charge in [0.15, 0.2) is 5.60 Å². The molecule has 2 aliphatic rings. The van der Waals surface area contributed by atoms with Gasteiger partial charge in [-0.1, -0.05) is 20.8 Å². The minimum absolute atomic E-state index is 0.185. The van der Waals surface area contributed by atoms with E-state index in [2.05, 4.69) is 13.8 Å². The number of rotatable bonds is 2. The molecule has 1 heterocycles. The van der Waals surface area contributed by atoms with E-state index in [9.17, 15) is 4.79 Å². The minimum Gasteiger partial charge on any atom is -0.467 e. The number of hydrogen-bond donors (Lipinski definition) is 0. The van der Waals surface area contributed by atoms with Gasteiger partial charge < -0.3 is 9.47 Å². The third kappa shape index (κ3) is 1.48. The zero-order valence-corrected chi connectivity index (χ0v) is 10.8. The number of carbonyl (C=O) groups is 1. The van der Waals surface area contributed by atoms with Crippen molar-refractivity contribution in [3.63, 3.8) is 0 Å². The topological polar surface area (TPSA) is 38.8 Å². The quantitative estimate of drug-likeness (QED) is 0.537.